The highest BCUT2D eigenvalue weighted by molar-refractivity contribution is 5.89. The van der Waals surface area contributed by atoms with Crippen molar-refractivity contribution in [3.63, 3.8) is 0 Å². The van der Waals surface area contributed by atoms with Crippen molar-refractivity contribution in [1.29, 1.82) is 0 Å². The molecule has 1 unspecified atom stereocenters. The molecule has 0 radical (unpaired) electrons. The minimum atomic E-state index is -0.309. The van der Waals surface area contributed by atoms with E-state index in [2.05, 4.69) is 0 Å². The Morgan fingerprint density at radius 1 is 0.939 bits per heavy atom. The highest BCUT2D eigenvalue weighted by Crippen LogP contribution is 2.23. The molecule has 2 aromatic rings. The number of nitrogens with zero attached hydrogens (tertiary/aromatic N) is 3. The molecular weight excluding hydrogens is 418 g/mol. The molecule has 4 rings (SSSR count). The molecule has 2 aliphatic rings. The second-order valence-electron chi connectivity index (χ2n) is 8.90. The summed E-state index contributed by atoms with van der Waals surface area (Å²) in [6.07, 6.45) is 0.259. The number of likely N-dealkylation sites (tertiary alicyclic amines) is 1. The fourth-order valence-electron chi connectivity index (χ4n) is 4.37. The number of hydrogen-bond donors (Lipinski definition) is 0. The third kappa shape index (κ3) is 5.53. The number of benzene rings is 2. The number of rotatable bonds is 6. The Balaban J connectivity index is 1.23. The van der Waals surface area contributed by atoms with Crippen molar-refractivity contribution in [3.05, 3.63) is 65.2 Å². The van der Waals surface area contributed by atoms with Crippen molar-refractivity contribution in [2.24, 2.45) is 5.92 Å². The monoisotopic (exact) mass is 449 g/mol. The maximum Gasteiger partial charge on any atom is 0.260 e. The van der Waals surface area contributed by atoms with Crippen LogP contribution >= 0.6 is 0 Å². The average Bonchev–Trinajstić information content (AvgIpc) is 3.20. The summed E-state index contributed by atoms with van der Waals surface area (Å²) in [5.41, 5.74) is 3.37. The van der Waals surface area contributed by atoms with Gasteiger partial charge in [0.05, 0.1) is 5.92 Å². The summed E-state index contributed by atoms with van der Waals surface area (Å²) in [6, 6.07) is 15.6. The molecule has 0 spiro atoms. The zero-order valence-electron chi connectivity index (χ0n) is 19.3. The largest absolute Gasteiger partial charge is 0.484 e. The zero-order chi connectivity index (χ0) is 23.4. The Labute approximate surface area is 194 Å². The first-order valence-corrected chi connectivity index (χ1v) is 11.5. The molecule has 2 fully saturated rings. The van der Waals surface area contributed by atoms with Gasteiger partial charge in [-0.1, -0.05) is 36.4 Å². The first kappa shape index (κ1) is 22.8. The molecule has 2 saturated heterocycles. The SMILES string of the molecule is Cc1ccc(OCC(=O)N2CCN(C(=O)C3CC(=O)N(Cc4ccccc4)C3)CC2)cc1C. The van der Waals surface area contributed by atoms with E-state index in [0.29, 0.717) is 45.0 Å². The fraction of sp³-hybridized carbons (Fsp3) is 0.423. The quantitative estimate of drug-likeness (QED) is 0.679. The highest BCUT2D eigenvalue weighted by Gasteiger charge is 2.37. The lowest BCUT2D eigenvalue weighted by Gasteiger charge is -2.35. The van der Waals surface area contributed by atoms with E-state index in [0.717, 1.165) is 11.1 Å². The molecule has 7 nitrogen and oxygen atoms in total. The summed E-state index contributed by atoms with van der Waals surface area (Å²) in [5, 5.41) is 0. The fourth-order valence-corrected chi connectivity index (χ4v) is 4.37. The lowest BCUT2D eigenvalue weighted by molar-refractivity contribution is -0.142. The predicted molar refractivity (Wildman–Crippen MR) is 125 cm³/mol. The second-order valence-corrected chi connectivity index (χ2v) is 8.90. The van der Waals surface area contributed by atoms with E-state index in [1.807, 2.05) is 62.4 Å². The van der Waals surface area contributed by atoms with Gasteiger partial charge in [0.15, 0.2) is 6.61 Å². The van der Waals surface area contributed by atoms with Gasteiger partial charge in [-0.3, -0.25) is 14.4 Å². The number of carbonyl (C=O) groups is 3. The summed E-state index contributed by atoms with van der Waals surface area (Å²) in [6.45, 7) is 6.95. The molecule has 0 N–H and O–H groups in total. The molecule has 3 amide bonds. The summed E-state index contributed by atoms with van der Waals surface area (Å²) in [4.78, 5) is 43.3. The molecule has 2 aromatic carbocycles. The normalized spacial score (nSPS) is 18.5. The summed E-state index contributed by atoms with van der Waals surface area (Å²) >= 11 is 0. The van der Waals surface area contributed by atoms with E-state index < -0.39 is 0 Å². The molecule has 0 aliphatic carbocycles. The van der Waals surface area contributed by atoms with E-state index in [4.69, 9.17) is 4.74 Å². The summed E-state index contributed by atoms with van der Waals surface area (Å²) < 4.78 is 5.67. The van der Waals surface area contributed by atoms with Gasteiger partial charge in [-0.15, -0.1) is 0 Å². The Kier molecular flexibility index (Phi) is 6.96. The van der Waals surface area contributed by atoms with E-state index >= 15 is 0 Å². The second kappa shape index (κ2) is 10.1. The van der Waals surface area contributed by atoms with Gasteiger partial charge in [-0.25, -0.2) is 0 Å². The van der Waals surface area contributed by atoms with Crippen molar-refractivity contribution < 1.29 is 19.1 Å². The number of carbonyl (C=O) groups excluding carboxylic acids is 3. The molecule has 174 valence electrons. The van der Waals surface area contributed by atoms with Crippen LogP contribution in [0.5, 0.6) is 5.75 Å². The molecule has 0 saturated carbocycles. The molecule has 2 heterocycles. The van der Waals surface area contributed by atoms with Gasteiger partial charge in [0.1, 0.15) is 5.75 Å². The molecule has 1 atom stereocenters. The van der Waals surface area contributed by atoms with Gasteiger partial charge in [0.25, 0.3) is 5.91 Å². The summed E-state index contributed by atoms with van der Waals surface area (Å²) in [7, 11) is 0. The summed E-state index contributed by atoms with van der Waals surface area (Å²) in [5.74, 6) is 0.333. The van der Waals surface area contributed by atoms with Crippen LogP contribution in [0, 0.1) is 19.8 Å². The van der Waals surface area contributed by atoms with Crippen LogP contribution in [0.25, 0.3) is 0 Å². The molecular formula is C26H31N3O4. The molecule has 33 heavy (non-hydrogen) atoms. The van der Waals surface area contributed by atoms with Gasteiger partial charge in [-0.2, -0.15) is 0 Å². The Morgan fingerprint density at radius 2 is 1.64 bits per heavy atom. The third-order valence-corrected chi connectivity index (χ3v) is 6.56. The van der Waals surface area contributed by atoms with Crippen molar-refractivity contribution in [2.75, 3.05) is 39.3 Å². The van der Waals surface area contributed by atoms with Gasteiger partial charge < -0.3 is 19.4 Å². The smallest absolute Gasteiger partial charge is 0.260 e. The van der Waals surface area contributed by atoms with E-state index in [1.54, 1.807) is 14.7 Å². The van der Waals surface area contributed by atoms with Crippen molar-refractivity contribution in [1.82, 2.24) is 14.7 Å². The molecule has 7 heteroatoms. The van der Waals surface area contributed by atoms with Crippen molar-refractivity contribution >= 4 is 17.7 Å². The zero-order valence-corrected chi connectivity index (χ0v) is 19.3. The number of amides is 3. The lowest BCUT2D eigenvalue weighted by atomic mass is 10.1. The topological polar surface area (TPSA) is 70.2 Å². The van der Waals surface area contributed by atoms with E-state index in [1.165, 1.54) is 5.56 Å². The molecule has 0 bridgehead atoms. The number of ether oxygens (including phenoxy) is 1. The average molecular weight is 450 g/mol. The van der Waals surface area contributed by atoms with Crippen molar-refractivity contribution in [2.45, 2.75) is 26.8 Å². The van der Waals surface area contributed by atoms with Crippen molar-refractivity contribution in [3.8, 4) is 5.75 Å². The van der Waals surface area contributed by atoms with Crippen LogP contribution in [-0.4, -0.2) is 71.8 Å². The standard InChI is InChI=1S/C26H31N3O4/c1-19-8-9-23(14-20(19)2)33-18-25(31)27-10-12-28(13-11-27)26(32)22-15-24(30)29(17-22)16-21-6-4-3-5-7-21/h3-9,14,22H,10-13,15-18H2,1-2H3. The maximum absolute atomic E-state index is 13.0. The van der Waals surface area contributed by atoms with Crippen LogP contribution < -0.4 is 4.74 Å². The van der Waals surface area contributed by atoms with Crippen LogP contribution in [0.15, 0.2) is 48.5 Å². The van der Waals surface area contributed by atoms with Gasteiger partial charge in [-0.05, 0) is 42.7 Å². The maximum atomic E-state index is 13.0. The Morgan fingerprint density at radius 3 is 2.33 bits per heavy atom. The third-order valence-electron chi connectivity index (χ3n) is 6.56. The number of piperazine rings is 1. The van der Waals surface area contributed by atoms with Crippen LogP contribution in [-0.2, 0) is 20.9 Å². The molecule has 2 aliphatic heterocycles. The van der Waals surface area contributed by atoms with E-state index in [-0.39, 0.29) is 36.7 Å². The minimum Gasteiger partial charge on any atom is -0.484 e. The van der Waals surface area contributed by atoms with Gasteiger partial charge in [0, 0.05) is 45.7 Å². The van der Waals surface area contributed by atoms with Crippen LogP contribution in [0.3, 0.4) is 0 Å². The predicted octanol–water partition coefficient (Wildman–Crippen LogP) is 2.40. The first-order valence-electron chi connectivity index (χ1n) is 11.5. The van der Waals surface area contributed by atoms with Crippen LogP contribution in [0.1, 0.15) is 23.1 Å². The lowest BCUT2D eigenvalue weighted by Crippen LogP contribution is -2.53. The first-order chi connectivity index (χ1) is 15.9. The number of hydrogen-bond acceptors (Lipinski definition) is 4. The molecule has 0 aromatic heterocycles. The minimum absolute atomic E-state index is 0.0115. The van der Waals surface area contributed by atoms with E-state index in [9.17, 15) is 14.4 Å². The van der Waals surface area contributed by atoms with Crippen LogP contribution in [0.4, 0.5) is 0 Å². The van der Waals surface area contributed by atoms with Crippen LogP contribution in [0.2, 0.25) is 0 Å². The van der Waals surface area contributed by atoms with Gasteiger partial charge in [0.2, 0.25) is 11.8 Å². The Bertz CT molecular complexity index is 1020. The Hall–Kier alpha value is -3.35. The number of aryl methyl sites for hydroxylation is 2. The highest BCUT2D eigenvalue weighted by atomic mass is 16.5. The van der Waals surface area contributed by atoms with Gasteiger partial charge >= 0.3 is 0 Å².